The molecule has 0 fully saturated rings. The zero-order valence-corrected chi connectivity index (χ0v) is 9.91. The fraction of sp³-hybridized carbons (Fsp3) is 0.800. The minimum Gasteiger partial charge on any atom is -0.383 e. The van der Waals surface area contributed by atoms with Gasteiger partial charge in [-0.05, 0) is 6.42 Å². The Morgan fingerprint density at radius 2 is 2.00 bits per heavy atom. The summed E-state index contributed by atoms with van der Waals surface area (Å²) in [6.07, 6.45) is 0.845. The van der Waals surface area contributed by atoms with Crippen LogP contribution in [0.15, 0.2) is 0 Å². The zero-order chi connectivity index (χ0) is 12.4. The number of ether oxygens (including phenoxy) is 1. The monoisotopic (exact) mass is 231 g/mol. The summed E-state index contributed by atoms with van der Waals surface area (Å²) in [5.41, 5.74) is 5.50. The number of hydrogen-bond acceptors (Lipinski definition) is 4. The third kappa shape index (κ3) is 7.19. The van der Waals surface area contributed by atoms with Crippen LogP contribution in [0.1, 0.15) is 19.8 Å². The van der Waals surface area contributed by atoms with Crippen molar-refractivity contribution in [3.05, 3.63) is 0 Å². The summed E-state index contributed by atoms with van der Waals surface area (Å²) in [6, 6.07) is -0.489. The van der Waals surface area contributed by atoms with Crippen molar-refractivity contribution in [1.29, 1.82) is 0 Å². The van der Waals surface area contributed by atoms with Gasteiger partial charge in [0.2, 0.25) is 11.8 Å². The lowest BCUT2D eigenvalue weighted by Gasteiger charge is -2.09. The standard InChI is InChI=1S/C10H21N3O3/c1-3-8(11)10(15)13-5-4-9(14)12-6-7-16-2/h8H,3-7,11H2,1-2H3,(H,12,14)(H,13,15)/t8-/m0/s1. The van der Waals surface area contributed by atoms with Gasteiger partial charge in [-0.3, -0.25) is 9.59 Å². The van der Waals surface area contributed by atoms with Crippen molar-refractivity contribution < 1.29 is 14.3 Å². The molecule has 0 saturated heterocycles. The Morgan fingerprint density at radius 1 is 1.31 bits per heavy atom. The summed E-state index contributed by atoms with van der Waals surface area (Å²) in [5.74, 6) is -0.324. The van der Waals surface area contributed by atoms with E-state index in [-0.39, 0.29) is 18.2 Å². The summed E-state index contributed by atoms with van der Waals surface area (Å²) in [5, 5.41) is 5.25. The molecule has 0 saturated carbocycles. The minimum absolute atomic E-state index is 0.109. The molecule has 0 aliphatic carbocycles. The second-order valence-electron chi connectivity index (χ2n) is 3.40. The van der Waals surface area contributed by atoms with E-state index in [4.69, 9.17) is 10.5 Å². The maximum Gasteiger partial charge on any atom is 0.236 e. The van der Waals surface area contributed by atoms with Crippen LogP contribution in [0.25, 0.3) is 0 Å². The molecule has 0 heterocycles. The number of nitrogens with two attached hydrogens (primary N) is 1. The van der Waals surface area contributed by atoms with Gasteiger partial charge in [0.25, 0.3) is 0 Å². The second kappa shape index (κ2) is 9.11. The Labute approximate surface area is 95.9 Å². The first-order valence-electron chi connectivity index (χ1n) is 5.40. The Bertz CT molecular complexity index is 221. The maximum absolute atomic E-state index is 11.2. The molecular formula is C10H21N3O3. The highest BCUT2D eigenvalue weighted by atomic mass is 16.5. The lowest BCUT2D eigenvalue weighted by molar-refractivity contribution is -0.123. The lowest BCUT2D eigenvalue weighted by atomic mass is 10.2. The van der Waals surface area contributed by atoms with E-state index >= 15 is 0 Å². The minimum atomic E-state index is -0.489. The third-order valence-electron chi connectivity index (χ3n) is 2.06. The average molecular weight is 231 g/mol. The Morgan fingerprint density at radius 3 is 2.56 bits per heavy atom. The molecule has 0 aromatic heterocycles. The summed E-state index contributed by atoms with van der Waals surface area (Å²) in [4.78, 5) is 22.4. The number of hydrogen-bond donors (Lipinski definition) is 3. The van der Waals surface area contributed by atoms with Crippen molar-refractivity contribution >= 4 is 11.8 Å². The molecule has 0 aliphatic heterocycles. The number of nitrogens with one attached hydrogen (secondary N) is 2. The molecule has 0 aromatic rings. The number of carbonyl (C=O) groups is 2. The Hall–Kier alpha value is -1.14. The number of carbonyl (C=O) groups excluding carboxylic acids is 2. The molecule has 0 aromatic carbocycles. The van der Waals surface area contributed by atoms with Crippen molar-refractivity contribution in [2.75, 3.05) is 26.8 Å². The van der Waals surface area contributed by atoms with Crippen LogP contribution in [-0.4, -0.2) is 44.7 Å². The summed E-state index contributed by atoms with van der Waals surface area (Å²) in [6.45, 7) is 3.11. The topological polar surface area (TPSA) is 93.5 Å². The van der Waals surface area contributed by atoms with Crippen LogP contribution in [0.3, 0.4) is 0 Å². The highest BCUT2D eigenvalue weighted by Crippen LogP contribution is 1.86. The summed E-state index contributed by atoms with van der Waals surface area (Å²) in [7, 11) is 1.57. The van der Waals surface area contributed by atoms with E-state index in [0.29, 0.717) is 26.1 Å². The number of rotatable bonds is 8. The van der Waals surface area contributed by atoms with E-state index in [1.165, 1.54) is 0 Å². The molecule has 0 rings (SSSR count). The predicted molar refractivity (Wildman–Crippen MR) is 60.8 cm³/mol. The Kier molecular flexibility index (Phi) is 8.46. The molecular weight excluding hydrogens is 210 g/mol. The zero-order valence-electron chi connectivity index (χ0n) is 9.91. The van der Waals surface area contributed by atoms with Crippen LogP contribution >= 0.6 is 0 Å². The van der Waals surface area contributed by atoms with Crippen LogP contribution < -0.4 is 16.4 Å². The third-order valence-corrected chi connectivity index (χ3v) is 2.06. The molecule has 6 nitrogen and oxygen atoms in total. The quantitative estimate of drug-likeness (QED) is 0.467. The molecule has 6 heteroatoms. The van der Waals surface area contributed by atoms with Gasteiger partial charge >= 0.3 is 0 Å². The summed E-state index contributed by atoms with van der Waals surface area (Å²) < 4.78 is 4.78. The average Bonchev–Trinajstić information content (AvgIpc) is 2.28. The number of amides is 2. The van der Waals surface area contributed by atoms with Gasteiger partial charge in [-0.1, -0.05) is 6.92 Å². The van der Waals surface area contributed by atoms with Crippen LogP contribution in [0.2, 0.25) is 0 Å². The van der Waals surface area contributed by atoms with Crippen LogP contribution in [-0.2, 0) is 14.3 Å². The van der Waals surface area contributed by atoms with Gasteiger partial charge < -0.3 is 21.1 Å². The van der Waals surface area contributed by atoms with Gasteiger partial charge in [-0.2, -0.15) is 0 Å². The molecule has 1 atom stereocenters. The first-order chi connectivity index (χ1) is 7.61. The van der Waals surface area contributed by atoms with Crippen molar-refractivity contribution in [3.8, 4) is 0 Å². The van der Waals surface area contributed by atoms with Gasteiger partial charge in [-0.25, -0.2) is 0 Å². The fourth-order valence-corrected chi connectivity index (χ4v) is 0.997. The van der Waals surface area contributed by atoms with Crippen LogP contribution in [0.5, 0.6) is 0 Å². The van der Waals surface area contributed by atoms with Gasteiger partial charge in [-0.15, -0.1) is 0 Å². The number of methoxy groups -OCH3 is 1. The van der Waals surface area contributed by atoms with Crippen molar-refractivity contribution in [2.45, 2.75) is 25.8 Å². The summed E-state index contributed by atoms with van der Waals surface area (Å²) >= 11 is 0. The predicted octanol–water partition coefficient (Wildman–Crippen LogP) is -1.01. The molecule has 0 radical (unpaired) electrons. The van der Waals surface area contributed by atoms with E-state index in [0.717, 1.165) is 0 Å². The molecule has 94 valence electrons. The molecule has 0 bridgehead atoms. The molecule has 2 amide bonds. The van der Waals surface area contributed by atoms with Gasteiger partial charge in [0, 0.05) is 26.6 Å². The normalized spacial score (nSPS) is 11.9. The van der Waals surface area contributed by atoms with Crippen LogP contribution in [0, 0.1) is 0 Å². The van der Waals surface area contributed by atoms with Crippen LogP contribution in [0.4, 0.5) is 0 Å². The van der Waals surface area contributed by atoms with E-state index in [1.807, 2.05) is 6.92 Å². The highest BCUT2D eigenvalue weighted by molar-refractivity contribution is 5.82. The largest absolute Gasteiger partial charge is 0.383 e. The first-order valence-corrected chi connectivity index (χ1v) is 5.40. The van der Waals surface area contributed by atoms with E-state index in [1.54, 1.807) is 7.11 Å². The first kappa shape index (κ1) is 14.9. The van der Waals surface area contributed by atoms with Gasteiger partial charge in [0.1, 0.15) is 0 Å². The highest BCUT2D eigenvalue weighted by Gasteiger charge is 2.10. The SMILES string of the molecule is CC[C@H](N)C(=O)NCCC(=O)NCCOC. The van der Waals surface area contributed by atoms with E-state index in [2.05, 4.69) is 10.6 Å². The molecule has 0 aliphatic rings. The lowest BCUT2D eigenvalue weighted by Crippen LogP contribution is -2.41. The van der Waals surface area contributed by atoms with Gasteiger partial charge in [0.05, 0.1) is 12.6 Å². The maximum atomic E-state index is 11.2. The second-order valence-corrected chi connectivity index (χ2v) is 3.40. The molecule has 0 unspecified atom stereocenters. The van der Waals surface area contributed by atoms with Crippen molar-refractivity contribution in [2.24, 2.45) is 5.73 Å². The Balaban J connectivity index is 3.50. The molecule has 16 heavy (non-hydrogen) atoms. The molecule has 4 N–H and O–H groups in total. The van der Waals surface area contributed by atoms with Gasteiger partial charge in [0.15, 0.2) is 0 Å². The fourth-order valence-electron chi connectivity index (χ4n) is 0.997. The van der Waals surface area contributed by atoms with Crippen molar-refractivity contribution in [3.63, 3.8) is 0 Å². The smallest absolute Gasteiger partial charge is 0.236 e. The van der Waals surface area contributed by atoms with E-state index in [9.17, 15) is 9.59 Å². The molecule has 0 spiro atoms. The van der Waals surface area contributed by atoms with E-state index < -0.39 is 6.04 Å². The van der Waals surface area contributed by atoms with Crippen molar-refractivity contribution in [1.82, 2.24) is 10.6 Å².